The number of aromatic nitrogens is 1. The molecule has 2 aromatic heterocycles. The second-order valence-electron chi connectivity index (χ2n) is 12.8. The number of benzene rings is 8. The maximum absolute atomic E-state index is 4.67. The van der Waals surface area contributed by atoms with Crippen molar-refractivity contribution in [3.63, 3.8) is 0 Å². The zero-order chi connectivity index (χ0) is 33.0. The summed E-state index contributed by atoms with van der Waals surface area (Å²) in [5.41, 5.74) is 9.22. The van der Waals surface area contributed by atoms with Crippen LogP contribution in [0.4, 0.5) is 17.1 Å². The van der Waals surface area contributed by atoms with Gasteiger partial charge < -0.3 is 4.90 Å². The van der Waals surface area contributed by atoms with Gasteiger partial charge in [-0.2, -0.15) is 0 Å². The molecule has 0 saturated heterocycles. The van der Waals surface area contributed by atoms with E-state index in [1.165, 1.54) is 69.4 Å². The van der Waals surface area contributed by atoms with Gasteiger partial charge in [-0.05, 0) is 111 Å². The minimum atomic E-state index is 1.02. The third-order valence-electron chi connectivity index (χ3n) is 9.89. The van der Waals surface area contributed by atoms with Crippen molar-refractivity contribution < 1.29 is 0 Å². The Morgan fingerprint density at radius 2 is 1.02 bits per heavy atom. The molecule has 0 atom stereocenters. The van der Waals surface area contributed by atoms with Gasteiger partial charge in [-0.25, -0.2) is 0 Å². The van der Waals surface area contributed by atoms with Gasteiger partial charge >= 0.3 is 0 Å². The van der Waals surface area contributed by atoms with Crippen molar-refractivity contribution >= 4 is 81.0 Å². The van der Waals surface area contributed by atoms with E-state index in [1.807, 2.05) is 23.6 Å². The predicted molar refractivity (Wildman–Crippen MR) is 215 cm³/mol. The molecular formula is C47H30N2S. The summed E-state index contributed by atoms with van der Waals surface area (Å²) in [6.07, 6.45) is 1.87. The highest BCUT2D eigenvalue weighted by Crippen LogP contribution is 2.43. The second kappa shape index (κ2) is 11.7. The van der Waals surface area contributed by atoms with E-state index in [2.05, 4.69) is 180 Å². The standard InChI is InChI=1S/C47H30N2S/c1-2-9-31(10-3-1)32-16-20-35(21-17-32)49(37-24-26-45-43(30-37)47-41-15-8-28-48-44(41)25-27-46(47)50-45)36-22-18-33(19-23-36)42-29-34-11-4-5-12-38(34)39-13-6-7-14-40(39)42/h1-30H. The van der Waals surface area contributed by atoms with Gasteiger partial charge in [0.1, 0.15) is 0 Å². The van der Waals surface area contributed by atoms with E-state index < -0.39 is 0 Å². The fourth-order valence-corrected chi connectivity index (χ4v) is 8.62. The summed E-state index contributed by atoms with van der Waals surface area (Å²) in [6.45, 7) is 0. The van der Waals surface area contributed by atoms with Crippen LogP contribution in [-0.4, -0.2) is 4.98 Å². The van der Waals surface area contributed by atoms with Crippen LogP contribution in [0, 0.1) is 0 Å². The first-order valence-electron chi connectivity index (χ1n) is 17.0. The van der Waals surface area contributed by atoms with Gasteiger partial charge in [0.15, 0.2) is 0 Å². The molecule has 8 aromatic carbocycles. The van der Waals surface area contributed by atoms with Gasteiger partial charge in [-0.15, -0.1) is 11.3 Å². The predicted octanol–water partition coefficient (Wildman–Crippen LogP) is 13.7. The van der Waals surface area contributed by atoms with Gasteiger partial charge in [0.05, 0.1) is 5.52 Å². The van der Waals surface area contributed by atoms with Crippen molar-refractivity contribution in [2.24, 2.45) is 0 Å². The number of anilines is 3. The number of fused-ring (bicyclic) bond motifs is 8. The third kappa shape index (κ3) is 4.74. The molecule has 0 amide bonds. The molecule has 0 aliphatic carbocycles. The van der Waals surface area contributed by atoms with E-state index in [1.54, 1.807) is 0 Å². The van der Waals surface area contributed by atoms with Crippen LogP contribution < -0.4 is 4.90 Å². The summed E-state index contributed by atoms with van der Waals surface area (Å²) in [5.74, 6) is 0. The van der Waals surface area contributed by atoms with Crippen LogP contribution in [0.15, 0.2) is 182 Å². The molecule has 0 aliphatic rings. The summed E-state index contributed by atoms with van der Waals surface area (Å²) in [6, 6.07) is 63.8. The van der Waals surface area contributed by atoms with Crippen molar-refractivity contribution in [3.05, 3.63) is 182 Å². The number of pyridine rings is 1. The molecule has 0 N–H and O–H groups in total. The fraction of sp³-hybridized carbons (Fsp3) is 0. The molecule has 0 spiro atoms. The van der Waals surface area contributed by atoms with Crippen molar-refractivity contribution in [1.82, 2.24) is 4.98 Å². The van der Waals surface area contributed by atoms with Crippen LogP contribution in [0.1, 0.15) is 0 Å². The minimum absolute atomic E-state index is 1.02. The van der Waals surface area contributed by atoms with Gasteiger partial charge in [-0.3, -0.25) is 4.98 Å². The highest BCUT2D eigenvalue weighted by Gasteiger charge is 2.17. The average Bonchev–Trinajstić information content (AvgIpc) is 3.57. The number of hydrogen-bond donors (Lipinski definition) is 0. The highest BCUT2D eigenvalue weighted by molar-refractivity contribution is 7.26. The Morgan fingerprint density at radius 3 is 1.82 bits per heavy atom. The molecule has 0 saturated carbocycles. The molecule has 10 rings (SSSR count). The normalized spacial score (nSPS) is 11.6. The molecule has 2 nitrogen and oxygen atoms in total. The number of hydrogen-bond acceptors (Lipinski definition) is 3. The van der Waals surface area contributed by atoms with E-state index in [0.29, 0.717) is 0 Å². The van der Waals surface area contributed by atoms with Gasteiger partial charge in [-0.1, -0.05) is 109 Å². The van der Waals surface area contributed by atoms with Crippen LogP contribution in [0.5, 0.6) is 0 Å². The molecular weight excluding hydrogens is 625 g/mol. The molecule has 50 heavy (non-hydrogen) atoms. The maximum atomic E-state index is 4.67. The summed E-state index contributed by atoms with van der Waals surface area (Å²) >= 11 is 1.84. The van der Waals surface area contributed by atoms with Crippen LogP contribution >= 0.6 is 11.3 Å². The lowest BCUT2D eigenvalue weighted by molar-refractivity contribution is 1.29. The Kier molecular flexibility index (Phi) is 6.71. The quantitative estimate of drug-likeness (QED) is 0.172. The van der Waals surface area contributed by atoms with Crippen molar-refractivity contribution in [2.45, 2.75) is 0 Å². The Hall–Kier alpha value is -6.29. The molecule has 0 fully saturated rings. The van der Waals surface area contributed by atoms with E-state index in [-0.39, 0.29) is 0 Å². The summed E-state index contributed by atoms with van der Waals surface area (Å²) in [7, 11) is 0. The van der Waals surface area contributed by atoms with E-state index in [4.69, 9.17) is 0 Å². The number of thiophene rings is 1. The molecule has 2 heterocycles. The molecule has 0 radical (unpaired) electrons. The molecule has 3 heteroatoms. The summed E-state index contributed by atoms with van der Waals surface area (Å²) < 4.78 is 2.56. The van der Waals surface area contributed by atoms with Crippen molar-refractivity contribution in [2.75, 3.05) is 4.90 Å². The van der Waals surface area contributed by atoms with Crippen LogP contribution in [0.2, 0.25) is 0 Å². The van der Waals surface area contributed by atoms with E-state index in [0.717, 1.165) is 22.6 Å². The lowest BCUT2D eigenvalue weighted by Gasteiger charge is -2.26. The van der Waals surface area contributed by atoms with E-state index in [9.17, 15) is 0 Å². The Bertz CT molecular complexity index is 2850. The first kappa shape index (κ1) is 28.7. The van der Waals surface area contributed by atoms with Crippen LogP contribution in [-0.2, 0) is 0 Å². The van der Waals surface area contributed by atoms with Gasteiger partial charge in [0.2, 0.25) is 0 Å². The van der Waals surface area contributed by atoms with Crippen molar-refractivity contribution in [1.29, 1.82) is 0 Å². The number of nitrogens with zero attached hydrogens (tertiary/aromatic N) is 2. The number of rotatable bonds is 5. The first-order chi connectivity index (χ1) is 24.8. The Balaban J connectivity index is 1.14. The van der Waals surface area contributed by atoms with E-state index >= 15 is 0 Å². The van der Waals surface area contributed by atoms with Gasteiger partial charge in [0.25, 0.3) is 0 Å². The molecule has 0 bridgehead atoms. The molecule has 0 unspecified atom stereocenters. The Morgan fingerprint density at radius 1 is 0.400 bits per heavy atom. The topological polar surface area (TPSA) is 16.1 Å². The zero-order valence-electron chi connectivity index (χ0n) is 27.1. The summed E-state index contributed by atoms with van der Waals surface area (Å²) in [5, 5.41) is 8.81. The highest BCUT2D eigenvalue weighted by atomic mass is 32.1. The second-order valence-corrected chi connectivity index (χ2v) is 13.9. The molecule has 0 aliphatic heterocycles. The molecule has 234 valence electrons. The van der Waals surface area contributed by atoms with Crippen molar-refractivity contribution in [3.8, 4) is 22.3 Å². The SMILES string of the molecule is c1ccc(-c2ccc(N(c3ccc(-c4cc5ccccc5c5ccccc45)cc3)c3ccc4sc5ccc6ncccc6c5c4c3)cc2)cc1. The average molecular weight is 655 g/mol. The maximum Gasteiger partial charge on any atom is 0.0709 e. The lowest BCUT2D eigenvalue weighted by Crippen LogP contribution is -2.09. The van der Waals surface area contributed by atoms with Crippen LogP contribution in [0.25, 0.3) is 74.9 Å². The largest absolute Gasteiger partial charge is 0.310 e. The fourth-order valence-electron chi connectivity index (χ4n) is 7.52. The zero-order valence-corrected chi connectivity index (χ0v) is 27.9. The monoisotopic (exact) mass is 654 g/mol. The summed E-state index contributed by atoms with van der Waals surface area (Å²) in [4.78, 5) is 7.05. The Labute approximate surface area is 294 Å². The minimum Gasteiger partial charge on any atom is -0.310 e. The smallest absolute Gasteiger partial charge is 0.0709 e. The van der Waals surface area contributed by atoms with Crippen LogP contribution in [0.3, 0.4) is 0 Å². The molecule has 10 aromatic rings. The first-order valence-corrected chi connectivity index (χ1v) is 17.8. The van der Waals surface area contributed by atoms with Gasteiger partial charge in [0, 0.05) is 48.8 Å². The lowest BCUT2D eigenvalue weighted by atomic mass is 9.93. The third-order valence-corrected chi connectivity index (χ3v) is 11.0.